The maximum Gasteiger partial charge on any atom is 0.270 e. The summed E-state index contributed by atoms with van der Waals surface area (Å²) in [6, 6.07) is 9.25. The molecule has 138 valence electrons. The number of hydrogen-bond donors (Lipinski definition) is 1. The zero-order valence-corrected chi connectivity index (χ0v) is 14.8. The number of rotatable bonds is 3. The highest BCUT2D eigenvalue weighted by Crippen LogP contribution is 2.25. The van der Waals surface area contributed by atoms with E-state index in [0.717, 1.165) is 41.2 Å². The second-order valence-electron chi connectivity index (χ2n) is 5.77. The molecule has 0 saturated heterocycles. The van der Waals surface area contributed by atoms with Crippen molar-refractivity contribution >= 4 is 28.2 Å². The lowest BCUT2D eigenvalue weighted by Gasteiger charge is -2.10. The molecular weight excluding hydrogens is 382 g/mol. The van der Waals surface area contributed by atoms with Gasteiger partial charge in [0.2, 0.25) is 4.96 Å². The molecule has 3 aromatic rings. The number of benzene rings is 1. The Labute approximate surface area is 160 Å². The minimum atomic E-state index is -0.709. The molecule has 2 aromatic heterocycles. The van der Waals surface area contributed by atoms with Crippen LogP contribution in [0.4, 0.5) is 0 Å². The van der Waals surface area contributed by atoms with E-state index in [-0.39, 0.29) is 27.3 Å². The van der Waals surface area contributed by atoms with Gasteiger partial charge in [0, 0.05) is 34.7 Å². The van der Waals surface area contributed by atoms with Gasteiger partial charge in [0.1, 0.15) is 5.01 Å². The lowest BCUT2D eigenvalue weighted by atomic mass is 10.0. The highest BCUT2D eigenvalue weighted by molar-refractivity contribution is 7.19. The van der Waals surface area contributed by atoms with Crippen molar-refractivity contribution < 1.29 is 14.8 Å². The largest absolute Gasteiger partial charge is 0.858 e. The molecule has 0 bridgehead atoms. The van der Waals surface area contributed by atoms with Gasteiger partial charge in [-0.15, -0.1) is 0 Å². The highest BCUT2D eigenvalue weighted by Gasteiger charge is 2.18. The first-order valence-corrected chi connectivity index (χ1v) is 8.77. The predicted molar refractivity (Wildman–Crippen MR) is 98.8 cm³/mol. The van der Waals surface area contributed by atoms with E-state index in [9.17, 15) is 20.0 Å². The molecular formula is C18H10N5O4S-. The molecule has 0 amide bonds. The molecule has 4 rings (SSSR count). The second kappa shape index (κ2) is 6.67. The van der Waals surface area contributed by atoms with Crippen LogP contribution in [0.25, 0.3) is 21.6 Å². The standard InChI is InChI=1S/C18H11N5O4S/c19-15-13(9-11-8-12(23(26)27)6-7-14(11)24)16(25)20-18-22(15)21-17(28-18)10-4-2-1-3-5-10/h1-9,19,25H/p-1/b11-9+,19-15?. The summed E-state index contributed by atoms with van der Waals surface area (Å²) >= 11 is 1.16. The number of hydrogen-bond acceptors (Lipinski definition) is 8. The van der Waals surface area contributed by atoms with Crippen molar-refractivity contribution in [2.75, 3.05) is 0 Å². The number of ketones is 1. The first-order valence-electron chi connectivity index (χ1n) is 7.95. The Hall–Kier alpha value is -3.92. The molecule has 28 heavy (non-hydrogen) atoms. The van der Waals surface area contributed by atoms with Gasteiger partial charge in [-0.2, -0.15) is 9.61 Å². The molecule has 1 aliphatic carbocycles. The van der Waals surface area contributed by atoms with Crippen molar-refractivity contribution in [3.63, 3.8) is 0 Å². The number of nitro groups is 1. The normalized spacial score (nSPS) is 15.2. The Balaban J connectivity index is 1.87. The van der Waals surface area contributed by atoms with Crippen molar-refractivity contribution in [2.24, 2.45) is 0 Å². The third-order valence-electron chi connectivity index (χ3n) is 3.98. The Morgan fingerprint density at radius 3 is 2.68 bits per heavy atom. The number of carbonyl (C=O) groups is 1. The number of fused-ring (bicyclic) bond motifs is 1. The van der Waals surface area contributed by atoms with Gasteiger partial charge >= 0.3 is 0 Å². The first-order chi connectivity index (χ1) is 13.4. The van der Waals surface area contributed by atoms with E-state index in [0.29, 0.717) is 5.01 Å². The Kier molecular flexibility index (Phi) is 4.17. The fraction of sp³-hybridized carbons (Fsp3) is 0. The Morgan fingerprint density at radius 2 is 1.96 bits per heavy atom. The zero-order valence-electron chi connectivity index (χ0n) is 14.0. The number of nitrogens with zero attached hydrogens (tertiary/aromatic N) is 4. The minimum Gasteiger partial charge on any atom is -0.858 e. The smallest absolute Gasteiger partial charge is 0.270 e. The van der Waals surface area contributed by atoms with E-state index in [1.807, 2.05) is 30.3 Å². The molecule has 0 radical (unpaired) electrons. The van der Waals surface area contributed by atoms with Crippen LogP contribution in [0.3, 0.4) is 0 Å². The summed E-state index contributed by atoms with van der Waals surface area (Å²) in [6.07, 6.45) is 4.34. The van der Waals surface area contributed by atoms with E-state index in [2.05, 4.69) is 10.1 Å². The topological polar surface area (TPSA) is 137 Å². The van der Waals surface area contributed by atoms with Gasteiger partial charge in [-0.1, -0.05) is 41.7 Å². The van der Waals surface area contributed by atoms with E-state index in [1.165, 1.54) is 4.52 Å². The third kappa shape index (κ3) is 3.01. The van der Waals surface area contributed by atoms with E-state index < -0.39 is 16.6 Å². The van der Waals surface area contributed by atoms with Crippen LogP contribution in [0.15, 0.2) is 59.8 Å². The van der Waals surface area contributed by atoms with E-state index >= 15 is 0 Å². The molecule has 0 fully saturated rings. The molecule has 0 aliphatic heterocycles. The van der Waals surface area contributed by atoms with Crippen LogP contribution in [0.2, 0.25) is 0 Å². The van der Waals surface area contributed by atoms with Gasteiger partial charge in [0.15, 0.2) is 11.3 Å². The molecule has 0 atom stereocenters. The number of carbonyl (C=O) groups excluding carboxylic acids is 1. The van der Waals surface area contributed by atoms with Gasteiger partial charge in [-0.3, -0.25) is 20.3 Å². The average Bonchev–Trinajstić information content (AvgIpc) is 3.11. The quantitative estimate of drug-likeness (QED) is 0.409. The van der Waals surface area contributed by atoms with E-state index in [4.69, 9.17) is 5.41 Å². The number of allylic oxidation sites excluding steroid dienone is 4. The van der Waals surface area contributed by atoms with Gasteiger partial charge in [-0.25, -0.2) is 4.98 Å². The van der Waals surface area contributed by atoms with Crippen LogP contribution in [0, 0.1) is 15.5 Å². The second-order valence-corrected chi connectivity index (χ2v) is 6.73. The van der Waals surface area contributed by atoms with Crippen molar-refractivity contribution in [2.45, 2.75) is 0 Å². The van der Waals surface area contributed by atoms with E-state index in [1.54, 1.807) is 0 Å². The SMILES string of the molecule is N=c1c(/C=C2\C=C([N+](=O)[O-])C=CC2=O)c([O-])nc2sc(-c3ccccc3)nn12. The molecule has 0 spiro atoms. The van der Waals surface area contributed by atoms with Crippen molar-refractivity contribution in [3.8, 4) is 16.5 Å². The number of nitrogens with one attached hydrogen (secondary N) is 1. The van der Waals surface area contributed by atoms with Crippen LogP contribution >= 0.6 is 11.3 Å². The minimum absolute atomic E-state index is 0.0694. The summed E-state index contributed by atoms with van der Waals surface area (Å²) in [7, 11) is 0. The van der Waals surface area contributed by atoms with Gasteiger partial charge < -0.3 is 5.11 Å². The molecule has 1 aliphatic rings. The predicted octanol–water partition coefficient (Wildman–Crippen LogP) is 1.69. The van der Waals surface area contributed by atoms with Gasteiger partial charge in [-0.05, 0) is 12.2 Å². The van der Waals surface area contributed by atoms with Crippen molar-refractivity contribution in [1.82, 2.24) is 14.6 Å². The Morgan fingerprint density at radius 1 is 1.21 bits per heavy atom. The summed E-state index contributed by atoms with van der Waals surface area (Å²) in [5, 5.41) is 36.6. The van der Waals surface area contributed by atoms with Gasteiger partial charge in [0.05, 0.1) is 4.92 Å². The zero-order chi connectivity index (χ0) is 19.8. The number of aromatic nitrogens is 3. The fourth-order valence-corrected chi connectivity index (χ4v) is 3.50. The van der Waals surface area contributed by atoms with Crippen LogP contribution in [0.1, 0.15) is 5.56 Å². The fourth-order valence-electron chi connectivity index (χ4n) is 2.61. The average molecular weight is 392 g/mol. The van der Waals surface area contributed by atoms with Crippen molar-refractivity contribution in [3.05, 3.63) is 81.0 Å². The molecule has 10 heteroatoms. The first kappa shape index (κ1) is 17.5. The summed E-state index contributed by atoms with van der Waals surface area (Å²) in [4.78, 5) is 26.5. The highest BCUT2D eigenvalue weighted by atomic mass is 32.1. The summed E-state index contributed by atoms with van der Waals surface area (Å²) < 4.78 is 1.21. The molecule has 1 N–H and O–H groups in total. The van der Waals surface area contributed by atoms with Crippen LogP contribution in [-0.2, 0) is 4.79 Å². The molecule has 9 nitrogen and oxygen atoms in total. The van der Waals surface area contributed by atoms with Crippen molar-refractivity contribution in [1.29, 1.82) is 5.41 Å². The third-order valence-corrected chi connectivity index (χ3v) is 4.94. The molecule has 0 saturated carbocycles. The lowest BCUT2D eigenvalue weighted by molar-refractivity contribution is -0.419. The maximum atomic E-state index is 12.4. The summed E-state index contributed by atoms with van der Waals surface area (Å²) in [6.45, 7) is 0. The van der Waals surface area contributed by atoms with Crippen LogP contribution in [-0.4, -0.2) is 25.3 Å². The van der Waals surface area contributed by atoms with Gasteiger partial charge in [0.25, 0.3) is 5.70 Å². The lowest BCUT2D eigenvalue weighted by Crippen LogP contribution is -2.21. The maximum absolute atomic E-state index is 12.4. The summed E-state index contributed by atoms with van der Waals surface area (Å²) in [5.41, 5.74) is 0.0434. The van der Waals surface area contributed by atoms with Crippen LogP contribution < -0.4 is 10.6 Å². The van der Waals surface area contributed by atoms with Crippen LogP contribution in [0.5, 0.6) is 5.88 Å². The molecule has 1 aromatic carbocycles. The summed E-state index contributed by atoms with van der Waals surface area (Å²) in [5.74, 6) is -1.21. The Bertz CT molecular complexity index is 1280. The monoisotopic (exact) mass is 392 g/mol. The molecule has 2 heterocycles. The molecule has 0 unspecified atom stereocenters.